The molecule has 4 bridgehead atoms. The molecule has 1 saturated heterocycles. The molecule has 1 aliphatic heterocycles. The molecule has 1 amide bonds. The minimum Gasteiger partial charge on any atom is -0.356 e. The highest BCUT2D eigenvalue weighted by Gasteiger charge is 2.50. The number of nitrogens with one attached hydrogen (secondary N) is 2. The average Bonchev–Trinajstić information content (AvgIpc) is 2.90. The summed E-state index contributed by atoms with van der Waals surface area (Å²) in [4.78, 5) is 12.6. The number of hydrogen-bond donors (Lipinski definition) is 2. The molecular formula is C17H29ClN2O. The van der Waals surface area contributed by atoms with Crippen molar-refractivity contribution in [1.29, 1.82) is 0 Å². The Morgan fingerprint density at radius 2 is 1.71 bits per heavy atom. The lowest BCUT2D eigenvalue weighted by atomic mass is 9.51. The van der Waals surface area contributed by atoms with Gasteiger partial charge in [0.15, 0.2) is 0 Å². The lowest BCUT2D eigenvalue weighted by molar-refractivity contribution is -0.138. The van der Waals surface area contributed by atoms with Crippen molar-refractivity contribution in [1.82, 2.24) is 10.6 Å². The van der Waals surface area contributed by atoms with E-state index in [-0.39, 0.29) is 12.4 Å². The lowest BCUT2D eigenvalue weighted by Crippen LogP contribution is -2.51. The van der Waals surface area contributed by atoms with E-state index in [1.54, 1.807) is 0 Å². The molecule has 5 fully saturated rings. The molecule has 1 atom stereocenters. The summed E-state index contributed by atoms with van der Waals surface area (Å²) in [6, 6.07) is 0. The topological polar surface area (TPSA) is 41.1 Å². The predicted molar refractivity (Wildman–Crippen MR) is 86.4 cm³/mol. The van der Waals surface area contributed by atoms with Gasteiger partial charge in [-0.3, -0.25) is 4.79 Å². The maximum atomic E-state index is 12.6. The number of carbonyl (C=O) groups excluding carboxylic acids is 1. The molecule has 4 saturated carbocycles. The number of carbonyl (C=O) groups is 1. The van der Waals surface area contributed by atoms with E-state index in [2.05, 4.69) is 10.6 Å². The molecular weight excluding hydrogens is 284 g/mol. The molecule has 1 heterocycles. The van der Waals surface area contributed by atoms with Crippen LogP contribution < -0.4 is 10.6 Å². The number of hydrogen-bond acceptors (Lipinski definition) is 2. The van der Waals surface area contributed by atoms with E-state index in [0.717, 1.165) is 55.6 Å². The summed E-state index contributed by atoms with van der Waals surface area (Å²) in [6.45, 7) is 3.20. The van der Waals surface area contributed by atoms with Gasteiger partial charge in [-0.2, -0.15) is 0 Å². The minimum absolute atomic E-state index is 0. The predicted octanol–water partition coefficient (Wildman–Crippen LogP) is 2.60. The minimum atomic E-state index is 0. The molecule has 1 unspecified atom stereocenters. The Morgan fingerprint density at radius 1 is 1.05 bits per heavy atom. The van der Waals surface area contributed by atoms with Crippen LogP contribution in [0.3, 0.4) is 0 Å². The van der Waals surface area contributed by atoms with E-state index in [1.165, 1.54) is 38.5 Å². The normalized spacial score (nSPS) is 43.6. The van der Waals surface area contributed by atoms with Crippen LogP contribution in [0.2, 0.25) is 0 Å². The highest BCUT2D eigenvalue weighted by atomic mass is 35.5. The van der Waals surface area contributed by atoms with E-state index in [1.807, 2.05) is 0 Å². The Morgan fingerprint density at radius 3 is 2.29 bits per heavy atom. The van der Waals surface area contributed by atoms with Gasteiger partial charge in [0.1, 0.15) is 0 Å². The fourth-order valence-corrected chi connectivity index (χ4v) is 5.83. The van der Waals surface area contributed by atoms with Crippen LogP contribution in [0.5, 0.6) is 0 Å². The van der Waals surface area contributed by atoms with E-state index in [9.17, 15) is 4.79 Å². The summed E-state index contributed by atoms with van der Waals surface area (Å²) in [5, 5.41) is 6.67. The third kappa shape index (κ3) is 3.10. The second kappa shape index (κ2) is 6.45. The monoisotopic (exact) mass is 312 g/mol. The fourth-order valence-electron chi connectivity index (χ4n) is 5.83. The van der Waals surface area contributed by atoms with Gasteiger partial charge in [-0.15, -0.1) is 12.4 Å². The van der Waals surface area contributed by atoms with Crippen LogP contribution >= 0.6 is 12.4 Å². The summed E-state index contributed by atoms with van der Waals surface area (Å²) >= 11 is 0. The molecule has 3 nitrogen and oxygen atoms in total. The van der Waals surface area contributed by atoms with Gasteiger partial charge in [0, 0.05) is 12.5 Å². The molecule has 0 aromatic rings. The van der Waals surface area contributed by atoms with Crippen molar-refractivity contribution >= 4 is 18.3 Å². The van der Waals surface area contributed by atoms with Crippen molar-refractivity contribution in [2.24, 2.45) is 35.5 Å². The van der Waals surface area contributed by atoms with Gasteiger partial charge in [0.2, 0.25) is 5.91 Å². The Labute approximate surface area is 134 Å². The first kappa shape index (κ1) is 15.6. The van der Waals surface area contributed by atoms with Crippen molar-refractivity contribution in [2.75, 3.05) is 19.6 Å². The van der Waals surface area contributed by atoms with E-state index < -0.39 is 0 Å². The van der Waals surface area contributed by atoms with E-state index in [0.29, 0.717) is 11.8 Å². The first-order valence-corrected chi connectivity index (χ1v) is 8.78. The summed E-state index contributed by atoms with van der Waals surface area (Å²) < 4.78 is 0. The second-order valence-electron chi connectivity index (χ2n) is 7.90. The molecule has 5 rings (SSSR count). The molecule has 120 valence electrons. The Hall–Kier alpha value is -0.280. The molecule has 0 aromatic carbocycles. The zero-order valence-electron chi connectivity index (χ0n) is 12.9. The van der Waals surface area contributed by atoms with Crippen molar-refractivity contribution in [2.45, 2.75) is 44.9 Å². The Kier molecular flexibility index (Phi) is 4.80. The van der Waals surface area contributed by atoms with E-state index in [4.69, 9.17) is 0 Å². The third-order valence-electron chi connectivity index (χ3n) is 6.54. The number of amides is 1. The van der Waals surface area contributed by atoms with Crippen molar-refractivity contribution in [3.8, 4) is 0 Å². The number of halogens is 1. The molecule has 21 heavy (non-hydrogen) atoms. The molecule has 0 aromatic heterocycles. The standard InChI is InChI=1S/C17H28N2O.ClH/c20-17(19-4-2-11-1-3-18-10-11)16-14-6-12-5-13(8-14)9-15(16)7-12;/h11-16,18H,1-10H2,(H,19,20);1H. The van der Waals surface area contributed by atoms with Crippen molar-refractivity contribution in [3.05, 3.63) is 0 Å². The van der Waals surface area contributed by atoms with Gasteiger partial charge in [0.05, 0.1) is 0 Å². The van der Waals surface area contributed by atoms with Crippen LogP contribution in [-0.2, 0) is 4.79 Å². The van der Waals surface area contributed by atoms with Crippen LogP contribution in [0.25, 0.3) is 0 Å². The van der Waals surface area contributed by atoms with Crippen LogP contribution in [0, 0.1) is 35.5 Å². The zero-order chi connectivity index (χ0) is 13.5. The van der Waals surface area contributed by atoms with Crippen molar-refractivity contribution < 1.29 is 4.79 Å². The Bertz CT molecular complexity index is 353. The highest BCUT2D eigenvalue weighted by molar-refractivity contribution is 5.85. The third-order valence-corrected chi connectivity index (χ3v) is 6.54. The lowest BCUT2D eigenvalue weighted by Gasteiger charge is -2.53. The van der Waals surface area contributed by atoms with Gasteiger partial charge in [-0.05, 0) is 87.6 Å². The molecule has 0 spiro atoms. The summed E-state index contributed by atoms with van der Waals surface area (Å²) in [5.41, 5.74) is 0. The first-order chi connectivity index (χ1) is 9.79. The Balaban J connectivity index is 0.00000132. The zero-order valence-corrected chi connectivity index (χ0v) is 13.7. The van der Waals surface area contributed by atoms with Gasteiger partial charge < -0.3 is 10.6 Å². The largest absolute Gasteiger partial charge is 0.356 e. The van der Waals surface area contributed by atoms with Crippen LogP contribution in [0.1, 0.15) is 44.9 Å². The van der Waals surface area contributed by atoms with Gasteiger partial charge in [0.25, 0.3) is 0 Å². The van der Waals surface area contributed by atoms with Crippen LogP contribution in [0.4, 0.5) is 0 Å². The van der Waals surface area contributed by atoms with Crippen LogP contribution in [-0.4, -0.2) is 25.5 Å². The molecule has 0 radical (unpaired) electrons. The molecule has 2 N–H and O–H groups in total. The molecule has 4 heteroatoms. The van der Waals surface area contributed by atoms with Gasteiger partial charge in [-0.1, -0.05) is 0 Å². The quantitative estimate of drug-likeness (QED) is 0.838. The maximum Gasteiger partial charge on any atom is 0.223 e. The molecule has 4 aliphatic carbocycles. The van der Waals surface area contributed by atoms with E-state index >= 15 is 0 Å². The molecule has 5 aliphatic rings. The van der Waals surface area contributed by atoms with Crippen molar-refractivity contribution in [3.63, 3.8) is 0 Å². The second-order valence-corrected chi connectivity index (χ2v) is 7.90. The number of rotatable bonds is 4. The average molecular weight is 313 g/mol. The first-order valence-electron chi connectivity index (χ1n) is 8.78. The SMILES string of the molecule is Cl.O=C(NCCC1CCNC1)C1C2CC3CC(C2)CC1C3. The van der Waals surface area contributed by atoms with Gasteiger partial charge >= 0.3 is 0 Å². The highest BCUT2D eigenvalue weighted by Crippen LogP contribution is 2.56. The maximum absolute atomic E-state index is 12.6. The smallest absolute Gasteiger partial charge is 0.223 e. The fraction of sp³-hybridized carbons (Fsp3) is 0.941. The summed E-state index contributed by atoms with van der Waals surface area (Å²) in [7, 11) is 0. The summed E-state index contributed by atoms with van der Waals surface area (Å²) in [6.07, 6.45) is 9.29. The van der Waals surface area contributed by atoms with Crippen LogP contribution in [0.15, 0.2) is 0 Å². The summed E-state index contributed by atoms with van der Waals surface area (Å²) in [5.74, 6) is 4.92. The van der Waals surface area contributed by atoms with Gasteiger partial charge in [-0.25, -0.2) is 0 Å².